The molecule has 1 heterocycles. The molecule has 1 amide bonds. The Kier molecular flexibility index (Phi) is 56.5. The topological polar surface area (TPSA) is 175 Å². The van der Waals surface area contributed by atoms with Crippen LogP contribution in [0.1, 0.15) is 354 Å². The zero-order chi connectivity index (χ0) is 58.0. The molecule has 1 saturated heterocycles. The zero-order valence-corrected chi connectivity index (χ0v) is 52.6. The number of amides is 1. The van der Waals surface area contributed by atoms with Crippen LogP contribution in [-0.4, -0.2) is 100 Å². The summed E-state index contributed by atoms with van der Waals surface area (Å²) in [5.41, 5.74) is 0. The van der Waals surface area contributed by atoms with Crippen molar-refractivity contribution in [3.05, 3.63) is 12.2 Å². The molecule has 0 radical (unpaired) electrons. The third-order valence-corrected chi connectivity index (χ3v) is 16.9. The predicted octanol–water partition coefficient (Wildman–Crippen LogP) is 17.5. The van der Waals surface area contributed by atoms with Gasteiger partial charge in [0.2, 0.25) is 5.91 Å². The molecule has 1 rings (SSSR count). The summed E-state index contributed by atoms with van der Waals surface area (Å²) >= 11 is 0. The van der Waals surface area contributed by atoms with Crippen LogP contribution in [0.25, 0.3) is 0 Å². The third-order valence-electron chi connectivity index (χ3n) is 16.9. The lowest BCUT2D eigenvalue weighted by atomic mass is 9.99. The molecule has 474 valence electrons. The normalized spacial score (nSPS) is 18.3. The number of nitrogens with one attached hydrogen (secondary N) is 1. The van der Waals surface area contributed by atoms with E-state index in [0.29, 0.717) is 19.4 Å². The minimum absolute atomic E-state index is 0.0138. The van der Waals surface area contributed by atoms with Gasteiger partial charge in [-0.3, -0.25) is 9.59 Å². The van der Waals surface area contributed by atoms with Crippen molar-refractivity contribution in [3.8, 4) is 0 Å². The first kappa shape index (κ1) is 76.4. The van der Waals surface area contributed by atoms with Crippen LogP contribution in [0.4, 0.5) is 0 Å². The summed E-state index contributed by atoms with van der Waals surface area (Å²) in [6.45, 7) is 4.36. The van der Waals surface area contributed by atoms with Gasteiger partial charge in [0.25, 0.3) is 0 Å². The van der Waals surface area contributed by atoms with E-state index < -0.39 is 49.5 Å². The van der Waals surface area contributed by atoms with E-state index in [1.807, 2.05) is 6.08 Å². The van der Waals surface area contributed by atoms with Gasteiger partial charge < -0.3 is 45.1 Å². The van der Waals surface area contributed by atoms with Crippen LogP contribution in [0, 0.1) is 0 Å². The highest BCUT2D eigenvalue weighted by Gasteiger charge is 2.44. The van der Waals surface area contributed by atoms with Crippen LogP contribution in [0.5, 0.6) is 0 Å². The first-order valence-corrected chi connectivity index (χ1v) is 35.0. The molecule has 11 heteroatoms. The number of allylic oxidation sites excluding steroid dienone is 1. The van der Waals surface area contributed by atoms with Crippen molar-refractivity contribution >= 4 is 11.9 Å². The SMILES string of the molecule is CCCCCCCCC/C=C/C(O)C(COC1OC(CO)C(O)C(O)C1O)NC(=O)CCCCCCCCCCCCCCCCCCCCCCCCCCCCCCCOC(=O)CCCCCCCCCCCCCCCC. The van der Waals surface area contributed by atoms with Gasteiger partial charge in [-0.25, -0.2) is 0 Å². The number of esters is 1. The molecule has 7 atom stereocenters. The Morgan fingerprint density at radius 3 is 1.16 bits per heavy atom. The van der Waals surface area contributed by atoms with Crippen molar-refractivity contribution in [1.82, 2.24) is 5.32 Å². The lowest BCUT2D eigenvalue weighted by Gasteiger charge is -2.40. The summed E-state index contributed by atoms with van der Waals surface area (Å²) in [6.07, 6.45) is 62.2. The van der Waals surface area contributed by atoms with Crippen molar-refractivity contribution in [2.75, 3.05) is 19.8 Å². The molecular formula is C69H133NO10. The Hall–Kier alpha value is -1.60. The summed E-state index contributed by atoms with van der Waals surface area (Å²) < 4.78 is 16.7. The number of hydrogen-bond donors (Lipinski definition) is 6. The zero-order valence-electron chi connectivity index (χ0n) is 52.6. The largest absolute Gasteiger partial charge is 0.466 e. The summed E-state index contributed by atoms with van der Waals surface area (Å²) in [7, 11) is 0. The van der Waals surface area contributed by atoms with E-state index in [1.165, 1.54) is 276 Å². The van der Waals surface area contributed by atoms with Gasteiger partial charge in [-0.2, -0.15) is 0 Å². The molecule has 0 aromatic rings. The maximum atomic E-state index is 13.0. The number of rotatable bonds is 62. The molecule has 1 fully saturated rings. The molecule has 0 aliphatic carbocycles. The Bertz CT molecular complexity index is 1330. The number of unbranched alkanes of at least 4 members (excludes halogenated alkanes) is 48. The average Bonchev–Trinajstić information content (AvgIpc) is 3.45. The second kappa shape index (κ2) is 59.1. The molecule has 0 aromatic heterocycles. The summed E-state index contributed by atoms with van der Waals surface area (Å²) in [6, 6.07) is -0.805. The van der Waals surface area contributed by atoms with Crippen LogP contribution in [0.15, 0.2) is 12.2 Å². The summed E-state index contributed by atoms with van der Waals surface area (Å²) in [5.74, 6) is -0.165. The fraction of sp³-hybridized carbons (Fsp3) is 0.942. The molecule has 1 aliphatic heterocycles. The molecule has 6 N–H and O–H groups in total. The first-order chi connectivity index (χ1) is 39.2. The van der Waals surface area contributed by atoms with Gasteiger partial charge >= 0.3 is 5.97 Å². The van der Waals surface area contributed by atoms with Gasteiger partial charge in [0.1, 0.15) is 24.4 Å². The molecular weight excluding hydrogens is 1000 g/mol. The average molecular weight is 1140 g/mol. The van der Waals surface area contributed by atoms with E-state index in [-0.39, 0.29) is 18.5 Å². The minimum atomic E-state index is -1.57. The monoisotopic (exact) mass is 1140 g/mol. The Labute approximate surface area is 493 Å². The molecule has 1 aliphatic rings. The molecule has 7 unspecified atom stereocenters. The van der Waals surface area contributed by atoms with E-state index in [2.05, 4.69) is 19.2 Å². The maximum absolute atomic E-state index is 13.0. The first-order valence-electron chi connectivity index (χ1n) is 35.0. The molecule has 80 heavy (non-hydrogen) atoms. The van der Waals surface area contributed by atoms with E-state index in [0.717, 1.165) is 51.4 Å². The summed E-state index contributed by atoms with van der Waals surface area (Å²) in [5, 5.41) is 54.3. The van der Waals surface area contributed by atoms with Crippen LogP contribution < -0.4 is 5.32 Å². The number of hydrogen-bond acceptors (Lipinski definition) is 10. The van der Waals surface area contributed by atoms with Gasteiger partial charge in [0, 0.05) is 12.8 Å². The molecule has 0 bridgehead atoms. The van der Waals surface area contributed by atoms with Gasteiger partial charge in [-0.05, 0) is 32.1 Å². The van der Waals surface area contributed by atoms with Gasteiger partial charge in [0.15, 0.2) is 6.29 Å². The highest BCUT2D eigenvalue weighted by molar-refractivity contribution is 5.76. The second-order valence-corrected chi connectivity index (χ2v) is 24.6. The molecule has 0 aromatic carbocycles. The van der Waals surface area contributed by atoms with Crippen LogP contribution in [0.2, 0.25) is 0 Å². The van der Waals surface area contributed by atoms with Crippen LogP contribution in [0.3, 0.4) is 0 Å². The standard InChI is InChI=1S/C69H133NO10/c1-3-5-7-9-11-13-14-15-34-37-41-45-49-53-57-65(74)78-58-54-50-46-42-38-35-32-30-28-26-24-22-20-18-16-17-19-21-23-25-27-29-31-33-36-40-44-48-52-56-64(73)70-61(62(72)55-51-47-43-39-12-10-8-6-4-2)60-79-69-68(77)67(76)66(75)63(59-71)80-69/h51,55,61-63,66-69,71-72,75-77H,3-50,52-54,56-60H2,1-2H3,(H,70,73)/b55-51+. The van der Waals surface area contributed by atoms with Crippen molar-refractivity contribution in [1.29, 1.82) is 0 Å². The Morgan fingerprint density at radius 2 is 0.787 bits per heavy atom. The molecule has 11 nitrogen and oxygen atoms in total. The fourth-order valence-electron chi connectivity index (χ4n) is 11.4. The van der Waals surface area contributed by atoms with Gasteiger partial charge in [-0.1, -0.05) is 321 Å². The summed E-state index contributed by atoms with van der Waals surface area (Å²) in [4.78, 5) is 25.1. The molecule has 0 spiro atoms. The minimum Gasteiger partial charge on any atom is -0.466 e. The lowest BCUT2D eigenvalue weighted by molar-refractivity contribution is -0.302. The number of carbonyl (C=O) groups excluding carboxylic acids is 2. The highest BCUT2D eigenvalue weighted by atomic mass is 16.7. The van der Waals surface area contributed by atoms with E-state index in [1.54, 1.807) is 6.08 Å². The van der Waals surface area contributed by atoms with E-state index in [4.69, 9.17) is 14.2 Å². The predicted molar refractivity (Wildman–Crippen MR) is 334 cm³/mol. The third kappa shape index (κ3) is 47.7. The number of aliphatic hydroxyl groups excluding tert-OH is 5. The Morgan fingerprint density at radius 1 is 0.450 bits per heavy atom. The van der Waals surface area contributed by atoms with Crippen molar-refractivity contribution in [2.24, 2.45) is 0 Å². The van der Waals surface area contributed by atoms with Crippen LogP contribution >= 0.6 is 0 Å². The van der Waals surface area contributed by atoms with Gasteiger partial charge in [-0.15, -0.1) is 0 Å². The second-order valence-electron chi connectivity index (χ2n) is 24.6. The van der Waals surface area contributed by atoms with E-state index in [9.17, 15) is 35.1 Å². The Balaban J connectivity index is 1.90. The van der Waals surface area contributed by atoms with Crippen molar-refractivity contribution in [3.63, 3.8) is 0 Å². The lowest BCUT2D eigenvalue weighted by Crippen LogP contribution is -2.60. The van der Waals surface area contributed by atoms with Crippen molar-refractivity contribution in [2.45, 2.75) is 397 Å². The highest BCUT2D eigenvalue weighted by Crippen LogP contribution is 2.23. The number of ether oxygens (including phenoxy) is 3. The number of carbonyl (C=O) groups is 2. The smallest absolute Gasteiger partial charge is 0.305 e. The quantitative estimate of drug-likeness (QED) is 0.0195. The van der Waals surface area contributed by atoms with Gasteiger partial charge in [0.05, 0.1) is 32.0 Å². The number of aliphatic hydroxyl groups is 5. The molecule has 0 saturated carbocycles. The van der Waals surface area contributed by atoms with Crippen molar-refractivity contribution < 1.29 is 49.3 Å². The van der Waals surface area contributed by atoms with Crippen LogP contribution in [-0.2, 0) is 23.8 Å². The fourth-order valence-corrected chi connectivity index (χ4v) is 11.4. The maximum Gasteiger partial charge on any atom is 0.305 e. The van der Waals surface area contributed by atoms with E-state index >= 15 is 0 Å².